The van der Waals surface area contributed by atoms with E-state index in [2.05, 4.69) is 10.1 Å². The number of nitrogens with zero attached hydrogens (tertiary/aromatic N) is 2. The molecule has 0 unspecified atom stereocenters. The maximum Gasteiger partial charge on any atom is 0.416 e. The average Bonchev–Trinajstić information content (AvgIpc) is 2.87. The van der Waals surface area contributed by atoms with Crippen LogP contribution in [0.5, 0.6) is 0 Å². The summed E-state index contributed by atoms with van der Waals surface area (Å²) in [6, 6.07) is 10.5. The van der Waals surface area contributed by atoms with Gasteiger partial charge in [-0.1, -0.05) is 35.0 Å². The minimum atomic E-state index is -4.45. The second-order valence-electron chi connectivity index (χ2n) is 6.00. The van der Waals surface area contributed by atoms with Crippen molar-refractivity contribution in [3.05, 3.63) is 75.6 Å². The number of fused-ring (bicyclic) bond motifs is 3. The number of aromatic nitrogens is 1. The standard InChI is InChI=1S/C19H12ClF3N2O/c1-10-17-14-7-4-12(19(21,22)23)8-15(14)18(24-9-16(17)26-25-10)11-2-5-13(20)6-3-11/h2-8H,9H2,1H3. The van der Waals surface area contributed by atoms with Crippen LogP contribution in [0.2, 0.25) is 5.02 Å². The summed E-state index contributed by atoms with van der Waals surface area (Å²) in [5, 5.41) is 4.48. The lowest BCUT2D eigenvalue weighted by atomic mass is 9.91. The van der Waals surface area contributed by atoms with Crippen LogP contribution in [-0.4, -0.2) is 10.9 Å². The van der Waals surface area contributed by atoms with Gasteiger partial charge in [-0.25, -0.2) is 0 Å². The first-order chi connectivity index (χ1) is 12.3. The second kappa shape index (κ2) is 5.99. The molecule has 2 heterocycles. The highest BCUT2D eigenvalue weighted by atomic mass is 35.5. The molecular formula is C19H12ClF3N2O. The topological polar surface area (TPSA) is 38.4 Å². The van der Waals surface area contributed by atoms with E-state index < -0.39 is 11.7 Å². The van der Waals surface area contributed by atoms with Gasteiger partial charge in [0.25, 0.3) is 0 Å². The number of alkyl halides is 3. The smallest absolute Gasteiger partial charge is 0.358 e. The predicted octanol–water partition coefficient (Wildman–Crippen LogP) is 5.67. The van der Waals surface area contributed by atoms with Crippen molar-refractivity contribution in [3.8, 4) is 11.1 Å². The number of rotatable bonds is 1. The third kappa shape index (κ3) is 2.80. The number of halogens is 4. The molecule has 7 heteroatoms. The molecule has 132 valence electrons. The fraction of sp³-hybridized carbons (Fsp3) is 0.158. The Bertz CT molecular complexity index is 1020. The van der Waals surface area contributed by atoms with Crippen molar-refractivity contribution in [1.29, 1.82) is 0 Å². The molecule has 0 saturated carbocycles. The fourth-order valence-electron chi connectivity index (χ4n) is 3.09. The SMILES string of the molecule is Cc1noc2c1-c1ccc(C(F)(F)F)cc1C(c1ccc(Cl)cc1)=NC2. The van der Waals surface area contributed by atoms with Crippen LogP contribution in [0.1, 0.15) is 28.1 Å². The lowest BCUT2D eigenvalue weighted by Crippen LogP contribution is -2.10. The van der Waals surface area contributed by atoms with E-state index in [1.54, 1.807) is 31.2 Å². The van der Waals surface area contributed by atoms with Crippen molar-refractivity contribution in [2.75, 3.05) is 0 Å². The summed E-state index contributed by atoms with van der Waals surface area (Å²) in [7, 11) is 0. The van der Waals surface area contributed by atoms with Gasteiger partial charge in [0.1, 0.15) is 6.54 Å². The van der Waals surface area contributed by atoms with E-state index in [1.165, 1.54) is 6.07 Å². The van der Waals surface area contributed by atoms with Gasteiger partial charge in [-0.15, -0.1) is 0 Å². The monoisotopic (exact) mass is 376 g/mol. The first kappa shape index (κ1) is 16.8. The Hall–Kier alpha value is -2.60. The van der Waals surface area contributed by atoms with Gasteiger partial charge < -0.3 is 4.52 Å². The van der Waals surface area contributed by atoms with E-state index in [0.29, 0.717) is 44.4 Å². The highest BCUT2D eigenvalue weighted by molar-refractivity contribution is 6.30. The zero-order valence-corrected chi connectivity index (χ0v) is 14.3. The molecule has 26 heavy (non-hydrogen) atoms. The molecule has 0 bridgehead atoms. The zero-order chi connectivity index (χ0) is 18.5. The van der Waals surface area contributed by atoms with E-state index in [1.807, 2.05) is 0 Å². The quantitative estimate of drug-likeness (QED) is 0.548. The Balaban J connectivity index is 1.99. The van der Waals surface area contributed by atoms with Gasteiger partial charge >= 0.3 is 6.18 Å². The number of benzene rings is 2. The van der Waals surface area contributed by atoms with Gasteiger partial charge in [0.05, 0.1) is 22.5 Å². The molecule has 1 aromatic heterocycles. The highest BCUT2D eigenvalue weighted by Gasteiger charge is 2.33. The molecule has 1 aliphatic heterocycles. The first-order valence-electron chi connectivity index (χ1n) is 7.82. The summed E-state index contributed by atoms with van der Waals surface area (Å²) >= 11 is 5.93. The van der Waals surface area contributed by atoms with E-state index in [4.69, 9.17) is 16.1 Å². The lowest BCUT2D eigenvalue weighted by molar-refractivity contribution is -0.137. The molecular weight excluding hydrogens is 365 g/mol. The molecule has 0 saturated heterocycles. The van der Waals surface area contributed by atoms with E-state index >= 15 is 0 Å². The van der Waals surface area contributed by atoms with Crippen LogP contribution in [0.3, 0.4) is 0 Å². The summed E-state index contributed by atoms with van der Waals surface area (Å²) in [4.78, 5) is 4.51. The number of aryl methyl sites for hydroxylation is 1. The van der Waals surface area contributed by atoms with E-state index in [9.17, 15) is 13.2 Å². The molecule has 3 aromatic rings. The molecule has 4 rings (SSSR count). The summed E-state index contributed by atoms with van der Waals surface area (Å²) in [6.07, 6.45) is -4.45. The number of hydrogen-bond acceptors (Lipinski definition) is 3. The van der Waals surface area contributed by atoms with Crippen LogP contribution in [-0.2, 0) is 12.7 Å². The largest absolute Gasteiger partial charge is 0.416 e. The molecule has 0 radical (unpaired) electrons. The third-order valence-electron chi connectivity index (χ3n) is 4.30. The van der Waals surface area contributed by atoms with Crippen molar-refractivity contribution < 1.29 is 17.7 Å². The summed E-state index contributed by atoms with van der Waals surface area (Å²) in [5.41, 5.74) is 2.76. The Morgan fingerprint density at radius 2 is 1.77 bits per heavy atom. The maximum absolute atomic E-state index is 13.3. The van der Waals surface area contributed by atoms with Crippen molar-refractivity contribution in [2.24, 2.45) is 4.99 Å². The van der Waals surface area contributed by atoms with Crippen LogP contribution >= 0.6 is 11.6 Å². The first-order valence-corrected chi connectivity index (χ1v) is 8.20. The average molecular weight is 377 g/mol. The van der Waals surface area contributed by atoms with Crippen LogP contribution in [0.4, 0.5) is 13.2 Å². The van der Waals surface area contributed by atoms with E-state index in [-0.39, 0.29) is 6.54 Å². The van der Waals surface area contributed by atoms with Gasteiger partial charge in [-0.2, -0.15) is 13.2 Å². The summed E-state index contributed by atoms with van der Waals surface area (Å²) in [5.74, 6) is 0.535. The molecule has 3 nitrogen and oxygen atoms in total. The molecule has 0 fully saturated rings. The summed E-state index contributed by atoms with van der Waals surface area (Å²) in [6.45, 7) is 1.96. The molecule has 2 aromatic carbocycles. The van der Waals surface area contributed by atoms with E-state index in [0.717, 1.165) is 12.1 Å². The molecule has 1 aliphatic rings. The molecule has 0 aliphatic carbocycles. The zero-order valence-electron chi connectivity index (χ0n) is 13.6. The van der Waals surface area contributed by atoms with Crippen molar-refractivity contribution in [1.82, 2.24) is 5.16 Å². The Labute approximate surface area is 152 Å². The number of aliphatic imine (C=N–C) groups is 1. The van der Waals surface area contributed by atoms with Gasteiger partial charge in [-0.05, 0) is 36.8 Å². The Kier molecular flexibility index (Phi) is 3.88. The van der Waals surface area contributed by atoms with Gasteiger partial charge in [0.2, 0.25) is 0 Å². The lowest BCUT2D eigenvalue weighted by Gasteiger charge is -2.14. The van der Waals surface area contributed by atoms with Crippen molar-refractivity contribution >= 4 is 17.3 Å². The molecule has 0 spiro atoms. The molecule has 0 N–H and O–H groups in total. The van der Waals surface area contributed by atoms with Gasteiger partial charge in [-0.3, -0.25) is 4.99 Å². The maximum atomic E-state index is 13.3. The molecule has 0 amide bonds. The van der Waals surface area contributed by atoms with Gasteiger partial charge in [0, 0.05) is 16.1 Å². The fourth-order valence-corrected chi connectivity index (χ4v) is 3.22. The van der Waals surface area contributed by atoms with Crippen molar-refractivity contribution in [3.63, 3.8) is 0 Å². The van der Waals surface area contributed by atoms with Crippen molar-refractivity contribution in [2.45, 2.75) is 19.6 Å². The summed E-state index contributed by atoms with van der Waals surface area (Å²) < 4.78 is 45.1. The Morgan fingerprint density at radius 1 is 1.04 bits per heavy atom. The van der Waals surface area contributed by atoms with Gasteiger partial charge in [0.15, 0.2) is 5.76 Å². The predicted molar refractivity (Wildman–Crippen MR) is 92.5 cm³/mol. The highest BCUT2D eigenvalue weighted by Crippen LogP contribution is 2.38. The third-order valence-corrected chi connectivity index (χ3v) is 4.56. The minimum Gasteiger partial charge on any atom is -0.358 e. The number of hydrogen-bond donors (Lipinski definition) is 0. The van der Waals surface area contributed by atoms with Crippen LogP contribution in [0, 0.1) is 6.92 Å². The second-order valence-corrected chi connectivity index (χ2v) is 6.43. The normalized spacial score (nSPS) is 13.7. The van der Waals surface area contributed by atoms with Crippen LogP contribution < -0.4 is 0 Å². The molecule has 0 atom stereocenters. The van der Waals surface area contributed by atoms with Crippen LogP contribution in [0.25, 0.3) is 11.1 Å². The Morgan fingerprint density at radius 3 is 2.46 bits per heavy atom. The van der Waals surface area contributed by atoms with Crippen LogP contribution in [0.15, 0.2) is 52.0 Å². The minimum absolute atomic E-state index is 0.199.